The van der Waals surface area contributed by atoms with Gasteiger partial charge in [0.1, 0.15) is 12.4 Å². The molecular formula is C29H31N3O4. The van der Waals surface area contributed by atoms with Crippen LogP contribution in [0, 0.1) is 0 Å². The zero-order chi connectivity index (χ0) is 25.1. The van der Waals surface area contributed by atoms with Crippen LogP contribution >= 0.6 is 0 Å². The first-order chi connectivity index (χ1) is 17.7. The van der Waals surface area contributed by atoms with E-state index in [2.05, 4.69) is 10.9 Å². The van der Waals surface area contributed by atoms with Gasteiger partial charge in [0.25, 0.3) is 5.91 Å². The second kappa shape index (κ2) is 12.7. The lowest BCUT2D eigenvalue weighted by Gasteiger charge is -2.22. The maximum atomic E-state index is 13.3. The van der Waals surface area contributed by atoms with Gasteiger partial charge in [0.05, 0.1) is 6.61 Å². The number of carbonyl (C=O) groups excluding carboxylic acids is 1. The van der Waals surface area contributed by atoms with E-state index in [-0.39, 0.29) is 19.1 Å². The van der Waals surface area contributed by atoms with Gasteiger partial charge >= 0.3 is 0 Å². The summed E-state index contributed by atoms with van der Waals surface area (Å²) < 4.78 is 11.5. The Balaban J connectivity index is 1.48. The van der Waals surface area contributed by atoms with Gasteiger partial charge in [-0.3, -0.25) is 10.2 Å². The Bertz CT molecular complexity index is 1160. The Morgan fingerprint density at radius 2 is 1.75 bits per heavy atom. The number of hydrogen-bond acceptors (Lipinski definition) is 6. The molecule has 1 aliphatic rings. The highest BCUT2D eigenvalue weighted by atomic mass is 16.5. The Morgan fingerprint density at radius 3 is 2.47 bits per heavy atom. The number of rotatable bonds is 12. The third-order valence-electron chi connectivity index (χ3n) is 5.76. The summed E-state index contributed by atoms with van der Waals surface area (Å²) in [6.07, 6.45) is 4.90. The molecule has 186 valence electrons. The van der Waals surface area contributed by atoms with E-state index in [1.54, 1.807) is 0 Å². The minimum absolute atomic E-state index is 0.0891. The van der Waals surface area contributed by atoms with Crippen LogP contribution in [0.15, 0.2) is 96.0 Å². The highest BCUT2D eigenvalue weighted by Crippen LogP contribution is 2.27. The van der Waals surface area contributed by atoms with Crippen molar-refractivity contribution in [2.24, 2.45) is 4.99 Å². The zero-order valence-corrected chi connectivity index (χ0v) is 20.1. The lowest BCUT2D eigenvalue weighted by atomic mass is 9.95. The van der Waals surface area contributed by atoms with Gasteiger partial charge in [0.2, 0.25) is 5.90 Å². The van der Waals surface area contributed by atoms with E-state index in [0.717, 1.165) is 16.7 Å². The van der Waals surface area contributed by atoms with Crippen LogP contribution in [-0.4, -0.2) is 42.3 Å². The van der Waals surface area contributed by atoms with Crippen molar-refractivity contribution in [3.05, 3.63) is 108 Å². The average molecular weight is 486 g/mol. The summed E-state index contributed by atoms with van der Waals surface area (Å²) in [5.41, 5.74) is 7.62. The summed E-state index contributed by atoms with van der Waals surface area (Å²) in [7, 11) is 0. The summed E-state index contributed by atoms with van der Waals surface area (Å²) in [5, 5.41) is 8.91. The van der Waals surface area contributed by atoms with Crippen molar-refractivity contribution in [1.82, 2.24) is 10.9 Å². The summed E-state index contributed by atoms with van der Waals surface area (Å²) >= 11 is 0. The number of nitrogens with zero attached hydrogens (tertiary/aromatic N) is 1. The van der Waals surface area contributed by atoms with Gasteiger partial charge in [-0.25, -0.2) is 10.4 Å². The van der Waals surface area contributed by atoms with E-state index < -0.39 is 5.54 Å². The van der Waals surface area contributed by atoms with Crippen LogP contribution in [0.4, 0.5) is 0 Å². The van der Waals surface area contributed by atoms with Crippen LogP contribution in [0.5, 0.6) is 5.75 Å². The van der Waals surface area contributed by atoms with Gasteiger partial charge in [-0.1, -0.05) is 72.8 Å². The van der Waals surface area contributed by atoms with Crippen LogP contribution in [0.2, 0.25) is 0 Å². The Kier molecular flexibility index (Phi) is 8.86. The minimum Gasteiger partial charge on any atom is -0.494 e. The van der Waals surface area contributed by atoms with Gasteiger partial charge in [0, 0.05) is 31.6 Å². The van der Waals surface area contributed by atoms with Crippen LogP contribution in [0.1, 0.15) is 29.5 Å². The van der Waals surface area contributed by atoms with Crippen molar-refractivity contribution in [1.29, 1.82) is 0 Å². The molecule has 0 bridgehead atoms. The monoisotopic (exact) mass is 485 g/mol. The van der Waals surface area contributed by atoms with E-state index in [1.807, 2.05) is 97.1 Å². The average Bonchev–Trinajstić information content (AvgIpc) is 3.36. The van der Waals surface area contributed by atoms with Crippen molar-refractivity contribution < 1.29 is 19.4 Å². The van der Waals surface area contributed by atoms with E-state index in [0.29, 0.717) is 37.6 Å². The maximum Gasteiger partial charge on any atom is 0.266 e. The third kappa shape index (κ3) is 6.81. The Labute approximate surface area is 211 Å². The predicted octanol–water partition coefficient (Wildman–Crippen LogP) is 3.89. The highest BCUT2D eigenvalue weighted by Gasteiger charge is 2.43. The molecule has 3 aromatic rings. The van der Waals surface area contributed by atoms with Gasteiger partial charge in [0.15, 0.2) is 5.54 Å². The van der Waals surface area contributed by atoms with Crippen LogP contribution in [0.3, 0.4) is 0 Å². The number of aliphatic imine (C=N–C) groups is 1. The quantitative estimate of drug-likeness (QED) is 0.267. The fraction of sp³-hybridized carbons (Fsp3) is 0.241. The lowest BCUT2D eigenvalue weighted by molar-refractivity contribution is -0.127. The first-order valence-corrected chi connectivity index (χ1v) is 12.0. The van der Waals surface area contributed by atoms with Gasteiger partial charge in [-0.05, 0) is 35.4 Å². The van der Waals surface area contributed by atoms with Gasteiger partial charge in [-0.15, -0.1) is 0 Å². The molecule has 0 fully saturated rings. The second-order valence-electron chi connectivity index (χ2n) is 8.50. The maximum absolute atomic E-state index is 13.3. The van der Waals surface area contributed by atoms with Crippen LogP contribution < -0.4 is 15.6 Å². The molecule has 0 radical (unpaired) electrons. The number of amides is 1. The molecule has 7 heteroatoms. The number of hydrazine groups is 1. The molecule has 1 aliphatic heterocycles. The number of hydrogen-bond donors (Lipinski definition) is 3. The molecule has 0 spiro atoms. The van der Waals surface area contributed by atoms with Crippen molar-refractivity contribution >= 4 is 17.9 Å². The van der Waals surface area contributed by atoms with Crippen LogP contribution in [0.25, 0.3) is 6.08 Å². The molecule has 3 aromatic carbocycles. The van der Waals surface area contributed by atoms with Gasteiger partial charge in [-0.2, -0.15) is 0 Å². The molecule has 36 heavy (non-hydrogen) atoms. The Hall–Kier alpha value is -3.94. The largest absolute Gasteiger partial charge is 0.494 e. The van der Waals surface area contributed by atoms with E-state index >= 15 is 0 Å². The van der Waals surface area contributed by atoms with E-state index in [1.165, 1.54) is 0 Å². The fourth-order valence-corrected chi connectivity index (χ4v) is 3.75. The normalized spacial score (nSPS) is 17.0. The number of aliphatic hydroxyl groups is 1. The molecule has 1 atom stereocenters. The number of carbonyl (C=O) groups is 1. The second-order valence-corrected chi connectivity index (χ2v) is 8.50. The van der Waals surface area contributed by atoms with E-state index in [4.69, 9.17) is 19.6 Å². The molecule has 4 rings (SSSR count). The van der Waals surface area contributed by atoms with E-state index in [9.17, 15) is 4.79 Å². The molecule has 0 saturated carbocycles. The topological polar surface area (TPSA) is 92.2 Å². The summed E-state index contributed by atoms with van der Waals surface area (Å²) in [4.78, 5) is 18.1. The fourth-order valence-electron chi connectivity index (χ4n) is 3.75. The summed E-state index contributed by atoms with van der Waals surface area (Å²) in [5.74, 6) is 0.865. The minimum atomic E-state index is -1.10. The predicted molar refractivity (Wildman–Crippen MR) is 140 cm³/mol. The summed E-state index contributed by atoms with van der Waals surface area (Å²) in [6.45, 7) is 1.17. The molecule has 0 saturated heterocycles. The molecular weight excluding hydrogens is 454 g/mol. The molecule has 1 amide bonds. The number of benzene rings is 3. The van der Waals surface area contributed by atoms with Crippen molar-refractivity contribution in [2.75, 3.05) is 19.8 Å². The molecule has 1 heterocycles. The van der Waals surface area contributed by atoms with Crippen molar-refractivity contribution in [3.8, 4) is 5.75 Å². The standard InChI is InChI=1S/C29H31N3O4/c33-19-8-20-35-26-16-14-25(15-17-26)27-31-29(22-36-27,18-7-13-23-9-3-1-4-10-23)28(34)32-30-21-24-11-5-2-6-12-24/h1-7,9-17,30,33H,8,18-22H2,(H,32,34)/b13-7+/t29-/m0/s1. The smallest absolute Gasteiger partial charge is 0.266 e. The molecule has 0 aromatic heterocycles. The number of nitrogens with one attached hydrogen (secondary N) is 2. The molecule has 7 nitrogen and oxygen atoms in total. The lowest BCUT2D eigenvalue weighted by Crippen LogP contribution is -2.51. The SMILES string of the molecule is O=C(NNCc1ccccc1)[C@]1(C/C=C/c2ccccc2)COC(c2ccc(OCCCO)cc2)=N1. The number of aliphatic hydroxyl groups excluding tert-OH is 1. The zero-order valence-electron chi connectivity index (χ0n) is 20.1. The van der Waals surface area contributed by atoms with Crippen LogP contribution in [-0.2, 0) is 16.1 Å². The summed E-state index contributed by atoms with van der Waals surface area (Å²) in [6, 6.07) is 27.2. The number of ether oxygens (including phenoxy) is 2. The molecule has 0 unspecified atom stereocenters. The van der Waals surface area contributed by atoms with Crippen molar-refractivity contribution in [3.63, 3.8) is 0 Å². The Morgan fingerprint density at radius 1 is 1.03 bits per heavy atom. The first-order valence-electron chi connectivity index (χ1n) is 12.0. The molecule has 0 aliphatic carbocycles. The third-order valence-corrected chi connectivity index (χ3v) is 5.76. The van der Waals surface area contributed by atoms with Gasteiger partial charge < -0.3 is 14.6 Å². The highest BCUT2D eigenvalue weighted by molar-refractivity contribution is 6.00. The van der Waals surface area contributed by atoms with Crippen molar-refractivity contribution in [2.45, 2.75) is 24.9 Å². The molecule has 3 N–H and O–H groups in total. The first kappa shape index (κ1) is 25.2.